The summed E-state index contributed by atoms with van der Waals surface area (Å²) in [5, 5.41) is 0. The Labute approximate surface area is 230 Å². The number of piperidine rings is 1. The molecule has 2 N–H and O–H groups in total. The van der Waals surface area contributed by atoms with Crippen LogP contribution < -0.4 is 10.5 Å². The van der Waals surface area contributed by atoms with Gasteiger partial charge in [0.2, 0.25) is 5.91 Å². The number of nitrogens with zero attached hydrogens (tertiary/aromatic N) is 3. The van der Waals surface area contributed by atoms with Crippen LogP contribution in [0.3, 0.4) is 0 Å². The molecule has 2 saturated heterocycles. The molecule has 2 aliphatic heterocycles. The minimum absolute atomic E-state index is 0.0952. The first-order valence-electron chi connectivity index (χ1n) is 13.9. The zero-order valence-corrected chi connectivity index (χ0v) is 22.8. The fourth-order valence-corrected chi connectivity index (χ4v) is 6.42. The average Bonchev–Trinajstić information content (AvgIpc) is 3.34. The van der Waals surface area contributed by atoms with Crippen LogP contribution in [0.25, 0.3) is 22.3 Å². The van der Waals surface area contributed by atoms with Crippen LogP contribution in [0.4, 0.5) is 0 Å². The number of ether oxygens (including phenoxy) is 1. The molecule has 7 heteroatoms. The molecule has 0 aromatic heterocycles. The molecular formula is C32H36N4O3. The van der Waals surface area contributed by atoms with Gasteiger partial charge >= 0.3 is 0 Å². The Morgan fingerprint density at radius 3 is 2.36 bits per heavy atom. The number of piperazine rings is 1. The summed E-state index contributed by atoms with van der Waals surface area (Å²) in [6.07, 6.45) is 2.65. The zero-order valence-electron chi connectivity index (χ0n) is 22.8. The van der Waals surface area contributed by atoms with Crippen molar-refractivity contribution in [3.63, 3.8) is 0 Å². The average molecular weight is 525 g/mol. The number of carbonyl (C=O) groups excluding carboxylic acids is 2. The van der Waals surface area contributed by atoms with Crippen LogP contribution in [0, 0.1) is 0 Å². The molecule has 2 amide bonds. The number of likely N-dealkylation sites (tertiary alicyclic amines) is 1. The number of fused-ring (bicyclic) bond motifs is 3. The molecule has 202 valence electrons. The maximum absolute atomic E-state index is 13.5. The van der Waals surface area contributed by atoms with Crippen molar-refractivity contribution in [2.45, 2.75) is 25.3 Å². The van der Waals surface area contributed by atoms with Crippen molar-refractivity contribution in [3.8, 4) is 28.0 Å². The minimum Gasteiger partial charge on any atom is -0.497 e. The molecule has 2 fully saturated rings. The van der Waals surface area contributed by atoms with Crippen LogP contribution >= 0.6 is 0 Å². The second kappa shape index (κ2) is 10.5. The van der Waals surface area contributed by atoms with Gasteiger partial charge < -0.3 is 20.3 Å². The number of hydrogen-bond donors (Lipinski definition) is 1. The number of amides is 2. The van der Waals surface area contributed by atoms with Crippen molar-refractivity contribution < 1.29 is 14.3 Å². The van der Waals surface area contributed by atoms with Gasteiger partial charge in [-0.3, -0.25) is 14.5 Å². The van der Waals surface area contributed by atoms with Crippen LogP contribution in [0.5, 0.6) is 5.75 Å². The van der Waals surface area contributed by atoms with Gasteiger partial charge in [0.15, 0.2) is 0 Å². The maximum atomic E-state index is 13.5. The molecule has 3 aromatic carbocycles. The third-order valence-electron chi connectivity index (χ3n) is 8.73. The summed E-state index contributed by atoms with van der Waals surface area (Å²) in [6.45, 7) is 6.07. The SMILES string of the molecule is COc1cccc(-c2cc(C(N)=O)c3c(c2)-c2ccc(C(=O)N4CCC(N5CCN(C)CC5)CC4)cc2C3)c1. The zero-order chi connectivity index (χ0) is 27.1. The Morgan fingerprint density at radius 2 is 1.64 bits per heavy atom. The molecule has 7 nitrogen and oxygen atoms in total. The lowest BCUT2D eigenvalue weighted by molar-refractivity contribution is 0.0518. The van der Waals surface area contributed by atoms with Gasteiger partial charge in [-0.1, -0.05) is 18.2 Å². The number of rotatable bonds is 5. The van der Waals surface area contributed by atoms with Gasteiger partial charge in [-0.15, -0.1) is 0 Å². The van der Waals surface area contributed by atoms with E-state index in [9.17, 15) is 9.59 Å². The molecular weight excluding hydrogens is 488 g/mol. The normalized spacial score (nSPS) is 18.1. The first-order valence-corrected chi connectivity index (χ1v) is 13.9. The van der Waals surface area contributed by atoms with Gasteiger partial charge in [0.25, 0.3) is 5.91 Å². The third kappa shape index (κ3) is 4.92. The predicted molar refractivity (Wildman–Crippen MR) is 153 cm³/mol. The predicted octanol–water partition coefficient (Wildman–Crippen LogP) is 3.88. The Morgan fingerprint density at radius 1 is 0.872 bits per heavy atom. The van der Waals surface area contributed by atoms with Gasteiger partial charge in [-0.2, -0.15) is 0 Å². The van der Waals surface area contributed by atoms with Gasteiger partial charge in [-0.05, 0) is 96.1 Å². The lowest BCUT2D eigenvalue weighted by atomic mass is 9.94. The molecule has 0 bridgehead atoms. The molecule has 3 aliphatic rings. The van der Waals surface area contributed by atoms with Gasteiger partial charge in [0, 0.05) is 56.4 Å². The molecule has 6 rings (SSSR count). The van der Waals surface area contributed by atoms with E-state index < -0.39 is 5.91 Å². The first-order chi connectivity index (χ1) is 18.9. The topological polar surface area (TPSA) is 79.1 Å². The highest BCUT2D eigenvalue weighted by molar-refractivity contribution is 6.01. The fourth-order valence-electron chi connectivity index (χ4n) is 6.42. The molecule has 2 heterocycles. The summed E-state index contributed by atoms with van der Waals surface area (Å²) >= 11 is 0. The summed E-state index contributed by atoms with van der Waals surface area (Å²) in [6, 6.07) is 18.3. The summed E-state index contributed by atoms with van der Waals surface area (Å²) in [5.74, 6) is 0.408. The van der Waals surface area contributed by atoms with E-state index in [4.69, 9.17) is 10.5 Å². The largest absolute Gasteiger partial charge is 0.497 e. The standard InChI is InChI=1S/C32H36N4O3/c1-34-12-14-35(15-13-34)25-8-10-36(11-9-25)32(38)22-6-7-27-24(16-22)20-29-28(27)18-23(19-30(29)31(33)37)21-4-3-5-26(17-21)39-2/h3-7,16-19,25H,8-15,20H2,1-2H3,(H2,33,37). The Bertz CT molecular complexity index is 1420. The molecule has 1 aliphatic carbocycles. The number of primary amides is 1. The Kier molecular flexibility index (Phi) is 6.87. The van der Waals surface area contributed by atoms with Gasteiger partial charge in [0.05, 0.1) is 7.11 Å². The number of methoxy groups -OCH3 is 1. The van der Waals surface area contributed by atoms with Crippen LogP contribution in [0.1, 0.15) is 44.7 Å². The van der Waals surface area contributed by atoms with Crippen LogP contribution in [-0.2, 0) is 6.42 Å². The van der Waals surface area contributed by atoms with Crippen LogP contribution in [0.15, 0.2) is 54.6 Å². The van der Waals surface area contributed by atoms with E-state index in [1.54, 1.807) is 7.11 Å². The number of likely N-dealkylation sites (N-methyl/N-ethyl adjacent to an activating group) is 1. The monoisotopic (exact) mass is 524 g/mol. The third-order valence-corrected chi connectivity index (χ3v) is 8.73. The highest BCUT2D eigenvalue weighted by atomic mass is 16.5. The van der Waals surface area contributed by atoms with E-state index >= 15 is 0 Å². The molecule has 3 aromatic rings. The second-order valence-corrected chi connectivity index (χ2v) is 11.1. The van der Waals surface area contributed by atoms with E-state index in [-0.39, 0.29) is 5.91 Å². The van der Waals surface area contributed by atoms with Crippen LogP contribution in [0.2, 0.25) is 0 Å². The first kappa shape index (κ1) is 25.6. The highest BCUT2D eigenvalue weighted by Gasteiger charge is 2.30. The van der Waals surface area contributed by atoms with E-state index in [1.807, 2.05) is 53.4 Å². The van der Waals surface area contributed by atoms with E-state index in [2.05, 4.69) is 22.9 Å². The maximum Gasteiger partial charge on any atom is 0.253 e. The second-order valence-electron chi connectivity index (χ2n) is 11.1. The summed E-state index contributed by atoms with van der Waals surface area (Å²) < 4.78 is 5.40. The summed E-state index contributed by atoms with van der Waals surface area (Å²) in [7, 11) is 3.82. The summed E-state index contributed by atoms with van der Waals surface area (Å²) in [5.41, 5.74) is 13.0. The molecule has 0 radical (unpaired) electrons. The highest BCUT2D eigenvalue weighted by Crippen LogP contribution is 2.42. The van der Waals surface area contributed by atoms with Crippen LogP contribution in [-0.4, -0.2) is 86.0 Å². The molecule has 0 saturated carbocycles. The molecule has 0 atom stereocenters. The van der Waals surface area contributed by atoms with Gasteiger partial charge in [-0.25, -0.2) is 0 Å². The number of carbonyl (C=O) groups is 2. The number of nitrogens with two attached hydrogens (primary N) is 1. The molecule has 0 unspecified atom stereocenters. The van der Waals surface area contributed by atoms with Crippen molar-refractivity contribution in [2.24, 2.45) is 5.73 Å². The van der Waals surface area contributed by atoms with E-state index in [0.717, 1.165) is 91.2 Å². The smallest absolute Gasteiger partial charge is 0.253 e. The van der Waals surface area contributed by atoms with Crippen molar-refractivity contribution >= 4 is 11.8 Å². The lowest BCUT2D eigenvalue weighted by Gasteiger charge is -2.42. The van der Waals surface area contributed by atoms with E-state index in [1.165, 1.54) is 0 Å². The fraction of sp³-hybridized carbons (Fsp3) is 0.375. The number of benzene rings is 3. The van der Waals surface area contributed by atoms with Crippen molar-refractivity contribution in [1.82, 2.24) is 14.7 Å². The minimum atomic E-state index is -0.441. The van der Waals surface area contributed by atoms with Crippen molar-refractivity contribution in [2.75, 3.05) is 53.4 Å². The molecule has 39 heavy (non-hydrogen) atoms. The van der Waals surface area contributed by atoms with Crippen molar-refractivity contribution in [1.29, 1.82) is 0 Å². The van der Waals surface area contributed by atoms with Gasteiger partial charge in [0.1, 0.15) is 5.75 Å². The Balaban J connectivity index is 1.22. The van der Waals surface area contributed by atoms with E-state index in [0.29, 0.717) is 23.6 Å². The lowest BCUT2D eigenvalue weighted by Crippen LogP contribution is -2.52. The van der Waals surface area contributed by atoms with Crippen molar-refractivity contribution in [3.05, 3.63) is 76.9 Å². The molecule has 0 spiro atoms. The Hall–Kier alpha value is -3.68. The summed E-state index contributed by atoms with van der Waals surface area (Å²) in [4.78, 5) is 33.0. The quantitative estimate of drug-likeness (QED) is 0.429. The number of hydrogen-bond acceptors (Lipinski definition) is 5.